The molecule has 7 heteroatoms. The summed E-state index contributed by atoms with van der Waals surface area (Å²) in [5.41, 5.74) is 0.351. The third-order valence-electron chi connectivity index (χ3n) is 4.48. The van der Waals surface area contributed by atoms with Gasteiger partial charge in [-0.05, 0) is 36.6 Å². The maximum Gasteiger partial charge on any atom is 0.416 e. The first kappa shape index (κ1) is 18.9. The van der Waals surface area contributed by atoms with Gasteiger partial charge in [-0.1, -0.05) is 36.4 Å². The number of benzene rings is 2. The van der Waals surface area contributed by atoms with Crippen LogP contribution in [-0.2, 0) is 22.2 Å². The fourth-order valence-corrected chi connectivity index (χ4v) is 2.89. The lowest BCUT2D eigenvalue weighted by Gasteiger charge is -2.10. The van der Waals surface area contributed by atoms with E-state index in [1.165, 1.54) is 12.1 Å². The third-order valence-corrected chi connectivity index (χ3v) is 4.48. The molecule has 0 saturated heterocycles. The van der Waals surface area contributed by atoms with Gasteiger partial charge in [0.1, 0.15) is 0 Å². The Bertz CT molecular complexity index is 821. The second-order valence-corrected chi connectivity index (χ2v) is 6.54. The van der Waals surface area contributed by atoms with Gasteiger partial charge in [-0.2, -0.15) is 13.2 Å². The predicted molar refractivity (Wildman–Crippen MR) is 94.8 cm³/mol. The SMILES string of the molecule is O=C(NCCc1ccccc1)C1CC1C(=O)Nc1cccc(C(F)(F)F)c1. The first-order chi connectivity index (χ1) is 12.8. The van der Waals surface area contributed by atoms with Crippen molar-refractivity contribution < 1.29 is 22.8 Å². The van der Waals surface area contributed by atoms with Gasteiger partial charge in [0.05, 0.1) is 17.4 Å². The van der Waals surface area contributed by atoms with Gasteiger partial charge in [0, 0.05) is 12.2 Å². The van der Waals surface area contributed by atoms with Crippen molar-refractivity contribution in [3.05, 3.63) is 65.7 Å². The highest BCUT2D eigenvalue weighted by atomic mass is 19.4. The zero-order valence-corrected chi connectivity index (χ0v) is 14.4. The number of amides is 2. The summed E-state index contributed by atoms with van der Waals surface area (Å²) >= 11 is 0. The number of hydrogen-bond donors (Lipinski definition) is 2. The molecule has 0 radical (unpaired) electrons. The number of alkyl halides is 3. The van der Waals surface area contributed by atoms with Gasteiger partial charge >= 0.3 is 6.18 Å². The van der Waals surface area contributed by atoms with Crippen LogP contribution in [-0.4, -0.2) is 18.4 Å². The molecule has 2 atom stereocenters. The number of nitrogens with one attached hydrogen (secondary N) is 2. The third kappa shape index (κ3) is 5.09. The van der Waals surface area contributed by atoms with Crippen molar-refractivity contribution in [2.24, 2.45) is 11.8 Å². The van der Waals surface area contributed by atoms with E-state index in [9.17, 15) is 22.8 Å². The second kappa shape index (κ2) is 7.82. The van der Waals surface area contributed by atoms with Gasteiger partial charge in [0.15, 0.2) is 0 Å². The lowest BCUT2D eigenvalue weighted by atomic mass is 10.1. The summed E-state index contributed by atoms with van der Waals surface area (Å²) in [5, 5.41) is 5.27. The smallest absolute Gasteiger partial charge is 0.356 e. The normalized spacial score (nSPS) is 18.6. The van der Waals surface area contributed by atoms with Crippen LogP contribution < -0.4 is 10.6 Å². The summed E-state index contributed by atoms with van der Waals surface area (Å²) in [6.07, 6.45) is -3.37. The Hall–Kier alpha value is -2.83. The van der Waals surface area contributed by atoms with Gasteiger partial charge in [-0.25, -0.2) is 0 Å². The number of anilines is 1. The molecule has 2 aromatic carbocycles. The van der Waals surface area contributed by atoms with Crippen LogP contribution in [0.3, 0.4) is 0 Å². The van der Waals surface area contributed by atoms with Crippen LogP contribution in [0.25, 0.3) is 0 Å². The molecular formula is C20H19F3N2O2. The molecule has 3 rings (SSSR count). The van der Waals surface area contributed by atoms with Crippen LogP contribution in [0.2, 0.25) is 0 Å². The molecule has 0 bridgehead atoms. The zero-order valence-electron chi connectivity index (χ0n) is 14.4. The zero-order chi connectivity index (χ0) is 19.4. The largest absolute Gasteiger partial charge is 0.416 e. The summed E-state index contributed by atoms with van der Waals surface area (Å²) in [6.45, 7) is 0.474. The number of rotatable bonds is 6. The molecule has 142 valence electrons. The lowest BCUT2D eigenvalue weighted by Crippen LogP contribution is -2.29. The monoisotopic (exact) mass is 376 g/mol. The molecule has 1 saturated carbocycles. The minimum absolute atomic E-state index is 0.0740. The van der Waals surface area contributed by atoms with Gasteiger partial charge in [-0.3, -0.25) is 9.59 Å². The summed E-state index contributed by atoms with van der Waals surface area (Å²) in [5.74, 6) is -1.56. The van der Waals surface area contributed by atoms with E-state index in [0.717, 1.165) is 17.7 Å². The Morgan fingerprint density at radius 3 is 2.37 bits per heavy atom. The van der Waals surface area contributed by atoms with E-state index in [-0.39, 0.29) is 11.6 Å². The number of halogens is 3. The van der Waals surface area contributed by atoms with Crippen LogP contribution in [0.1, 0.15) is 17.5 Å². The fraction of sp³-hybridized carbons (Fsp3) is 0.300. The topological polar surface area (TPSA) is 58.2 Å². The molecule has 0 aromatic heterocycles. The number of carbonyl (C=O) groups excluding carboxylic acids is 2. The van der Waals surface area contributed by atoms with Crippen LogP contribution in [0.15, 0.2) is 54.6 Å². The van der Waals surface area contributed by atoms with E-state index in [0.29, 0.717) is 19.4 Å². The molecule has 4 nitrogen and oxygen atoms in total. The summed E-state index contributed by atoms with van der Waals surface area (Å²) in [7, 11) is 0. The van der Waals surface area contributed by atoms with Crippen molar-refractivity contribution in [1.82, 2.24) is 5.32 Å². The van der Waals surface area contributed by atoms with Gasteiger partial charge < -0.3 is 10.6 Å². The first-order valence-electron chi connectivity index (χ1n) is 8.64. The quantitative estimate of drug-likeness (QED) is 0.809. The highest BCUT2D eigenvalue weighted by Crippen LogP contribution is 2.39. The average molecular weight is 376 g/mol. The predicted octanol–water partition coefficient (Wildman–Crippen LogP) is 3.64. The molecular weight excluding hydrogens is 357 g/mol. The maximum atomic E-state index is 12.7. The Morgan fingerprint density at radius 2 is 1.67 bits per heavy atom. The van der Waals surface area contributed by atoms with E-state index in [1.54, 1.807) is 0 Å². The standard InChI is InChI=1S/C20H19F3N2O2/c21-20(22,23)14-7-4-8-15(11-14)25-19(27)17-12-16(17)18(26)24-10-9-13-5-2-1-3-6-13/h1-8,11,16-17H,9-10,12H2,(H,24,26)(H,25,27). The van der Waals surface area contributed by atoms with E-state index < -0.39 is 29.5 Å². The minimum atomic E-state index is -4.47. The molecule has 1 fully saturated rings. The molecule has 0 aliphatic heterocycles. The van der Waals surface area contributed by atoms with Gasteiger partial charge in [0.2, 0.25) is 11.8 Å². The van der Waals surface area contributed by atoms with Crippen LogP contribution in [0, 0.1) is 11.8 Å². The highest BCUT2D eigenvalue weighted by Gasteiger charge is 2.47. The molecule has 2 aromatic rings. The van der Waals surface area contributed by atoms with Crippen molar-refractivity contribution in [1.29, 1.82) is 0 Å². The molecule has 2 unspecified atom stereocenters. The van der Waals surface area contributed by atoms with Gasteiger partial charge in [-0.15, -0.1) is 0 Å². The van der Waals surface area contributed by atoms with Crippen molar-refractivity contribution in [3.8, 4) is 0 Å². The fourth-order valence-electron chi connectivity index (χ4n) is 2.89. The van der Waals surface area contributed by atoms with Crippen LogP contribution in [0.4, 0.5) is 18.9 Å². The average Bonchev–Trinajstić information content (AvgIpc) is 3.43. The van der Waals surface area contributed by atoms with E-state index in [4.69, 9.17) is 0 Å². The molecule has 1 aliphatic carbocycles. The molecule has 2 amide bonds. The van der Waals surface area contributed by atoms with Crippen molar-refractivity contribution in [2.45, 2.75) is 19.0 Å². The Morgan fingerprint density at radius 1 is 0.963 bits per heavy atom. The number of carbonyl (C=O) groups is 2. The summed E-state index contributed by atoms with van der Waals surface area (Å²) in [4.78, 5) is 24.3. The van der Waals surface area contributed by atoms with Crippen molar-refractivity contribution in [3.63, 3.8) is 0 Å². The molecule has 0 spiro atoms. The summed E-state index contributed by atoms with van der Waals surface area (Å²) in [6, 6.07) is 14.1. The maximum absolute atomic E-state index is 12.7. The highest BCUT2D eigenvalue weighted by molar-refractivity contribution is 5.99. The second-order valence-electron chi connectivity index (χ2n) is 6.54. The molecule has 1 aliphatic rings. The van der Waals surface area contributed by atoms with Crippen molar-refractivity contribution in [2.75, 3.05) is 11.9 Å². The lowest BCUT2D eigenvalue weighted by molar-refractivity contribution is -0.137. The van der Waals surface area contributed by atoms with E-state index in [2.05, 4.69) is 10.6 Å². The van der Waals surface area contributed by atoms with Gasteiger partial charge in [0.25, 0.3) is 0 Å². The van der Waals surface area contributed by atoms with Crippen LogP contribution in [0.5, 0.6) is 0 Å². The summed E-state index contributed by atoms with van der Waals surface area (Å²) < 4.78 is 38.2. The number of hydrogen-bond acceptors (Lipinski definition) is 2. The van der Waals surface area contributed by atoms with Crippen LogP contribution >= 0.6 is 0 Å². The van der Waals surface area contributed by atoms with E-state index in [1.807, 2.05) is 30.3 Å². The molecule has 2 N–H and O–H groups in total. The molecule has 0 heterocycles. The minimum Gasteiger partial charge on any atom is -0.356 e. The Balaban J connectivity index is 1.46. The Kier molecular flexibility index (Phi) is 5.48. The molecule has 27 heavy (non-hydrogen) atoms. The Labute approximate surface area is 154 Å². The van der Waals surface area contributed by atoms with Crippen molar-refractivity contribution >= 4 is 17.5 Å². The first-order valence-corrected chi connectivity index (χ1v) is 8.64. The van der Waals surface area contributed by atoms with E-state index >= 15 is 0 Å².